The number of aliphatic hydroxyl groups is 1. The molecule has 1 saturated carbocycles. The van der Waals surface area contributed by atoms with Gasteiger partial charge in [0.2, 0.25) is 0 Å². The molecule has 18 heavy (non-hydrogen) atoms. The van der Waals surface area contributed by atoms with Crippen molar-refractivity contribution >= 4 is 0 Å². The average molecular weight is 243 g/mol. The zero-order chi connectivity index (χ0) is 13.2. The zero-order valence-corrected chi connectivity index (χ0v) is 11.2. The number of hydrogen-bond acceptors (Lipinski definition) is 2. The number of hydrogen-bond donors (Lipinski definition) is 1. The highest BCUT2D eigenvalue weighted by Crippen LogP contribution is 2.46. The third kappa shape index (κ3) is 2.15. The van der Waals surface area contributed by atoms with Gasteiger partial charge < -0.3 is 5.11 Å². The smallest absolute Gasteiger partial charge is 0.0978 e. The van der Waals surface area contributed by atoms with E-state index in [1.54, 1.807) is 0 Å². The van der Waals surface area contributed by atoms with Crippen molar-refractivity contribution in [3.05, 3.63) is 34.9 Å². The average Bonchev–Trinajstić information content (AvgIpc) is 2.42. The van der Waals surface area contributed by atoms with Crippen molar-refractivity contribution < 1.29 is 5.11 Å². The molecule has 2 nitrogen and oxygen atoms in total. The second-order valence-electron chi connectivity index (χ2n) is 5.52. The molecule has 0 bridgehead atoms. The summed E-state index contributed by atoms with van der Waals surface area (Å²) in [5.41, 5.74) is 2.65. The van der Waals surface area contributed by atoms with Gasteiger partial charge in [-0.1, -0.05) is 37.5 Å². The van der Waals surface area contributed by atoms with Gasteiger partial charge in [0.15, 0.2) is 0 Å². The fourth-order valence-electron chi connectivity index (χ4n) is 3.00. The lowest BCUT2D eigenvalue weighted by Crippen LogP contribution is -2.30. The van der Waals surface area contributed by atoms with Crippen LogP contribution in [-0.4, -0.2) is 5.11 Å². The molecular formula is C16H21NO. The normalized spacial score (nSPS) is 20.1. The van der Waals surface area contributed by atoms with Crippen LogP contribution in [0.3, 0.4) is 0 Å². The molecule has 1 N–H and O–H groups in total. The summed E-state index contributed by atoms with van der Waals surface area (Å²) in [5, 5.41) is 20.2. The molecule has 1 aromatic carbocycles. The lowest BCUT2D eigenvalue weighted by molar-refractivity contribution is 0.0355. The molecule has 1 aromatic rings. The van der Waals surface area contributed by atoms with Crippen molar-refractivity contribution in [1.82, 2.24) is 0 Å². The second kappa shape index (κ2) is 5.12. The summed E-state index contributed by atoms with van der Waals surface area (Å²) in [6.45, 7) is 4.08. The minimum Gasteiger partial charge on any atom is -0.387 e. The molecule has 0 saturated heterocycles. The van der Waals surface area contributed by atoms with Gasteiger partial charge in [0.1, 0.15) is 0 Å². The lowest BCUT2D eigenvalue weighted by atomic mass is 9.69. The molecule has 96 valence electrons. The standard InChI is InChI=1S/C16H21NO/c1-12-7-6-8-14(13(12)2)15(18)16(11-17)9-4-3-5-10-16/h6-8,15,18H,3-5,9-10H2,1-2H3. The van der Waals surface area contributed by atoms with Crippen LogP contribution in [0.1, 0.15) is 54.9 Å². The first-order valence-electron chi connectivity index (χ1n) is 6.76. The van der Waals surface area contributed by atoms with Gasteiger partial charge in [0.05, 0.1) is 17.6 Å². The summed E-state index contributed by atoms with van der Waals surface area (Å²) < 4.78 is 0. The minimum absolute atomic E-state index is 0.573. The fraction of sp³-hybridized carbons (Fsp3) is 0.562. The molecule has 0 aromatic heterocycles. The molecule has 1 aliphatic carbocycles. The minimum atomic E-state index is -0.650. The first-order chi connectivity index (χ1) is 8.60. The predicted molar refractivity (Wildman–Crippen MR) is 72.0 cm³/mol. The van der Waals surface area contributed by atoms with Crippen molar-refractivity contribution in [1.29, 1.82) is 5.26 Å². The van der Waals surface area contributed by atoms with Crippen molar-refractivity contribution in [2.45, 2.75) is 52.1 Å². The molecule has 0 spiro atoms. The number of nitriles is 1. The molecule has 2 rings (SSSR count). The van der Waals surface area contributed by atoms with Gasteiger partial charge in [-0.3, -0.25) is 0 Å². The number of aryl methyl sites for hydroxylation is 1. The Morgan fingerprint density at radius 1 is 1.22 bits per heavy atom. The fourth-order valence-corrected chi connectivity index (χ4v) is 3.00. The highest BCUT2D eigenvalue weighted by molar-refractivity contribution is 5.36. The Bertz CT molecular complexity index is 466. The Kier molecular flexibility index (Phi) is 3.73. The zero-order valence-electron chi connectivity index (χ0n) is 11.2. The Balaban J connectivity index is 2.37. The maximum absolute atomic E-state index is 10.7. The number of aliphatic hydroxyl groups excluding tert-OH is 1. The second-order valence-corrected chi connectivity index (χ2v) is 5.52. The van der Waals surface area contributed by atoms with Gasteiger partial charge in [-0.15, -0.1) is 0 Å². The predicted octanol–water partition coefficient (Wildman–Crippen LogP) is 3.81. The van der Waals surface area contributed by atoms with E-state index in [1.165, 1.54) is 12.0 Å². The molecule has 2 heteroatoms. The van der Waals surface area contributed by atoms with E-state index in [1.807, 2.05) is 32.0 Å². The van der Waals surface area contributed by atoms with Gasteiger partial charge in [-0.2, -0.15) is 5.26 Å². The lowest BCUT2D eigenvalue weighted by Gasteiger charge is -2.36. The monoisotopic (exact) mass is 243 g/mol. The number of rotatable bonds is 2. The largest absolute Gasteiger partial charge is 0.387 e. The quantitative estimate of drug-likeness (QED) is 0.858. The summed E-state index contributed by atoms with van der Waals surface area (Å²) in [6, 6.07) is 8.39. The van der Waals surface area contributed by atoms with Gasteiger partial charge in [0, 0.05) is 0 Å². The molecule has 0 radical (unpaired) electrons. The molecule has 1 atom stereocenters. The first-order valence-corrected chi connectivity index (χ1v) is 6.76. The van der Waals surface area contributed by atoms with Gasteiger partial charge in [-0.05, 0) is 43.4 Å². The van der Waals surface area contributed by atoms with Crippen LogP contribution in [-0.2, 0) is 0 Å². The molecular weight excluding hydrogens is 222 g/mol. The van der Waals surface area contributed by atoms with Crippen molar-refractivity contribution in [3.63, 3.8) is 0 Å². The Hall–Kier alpha value is -1.33. The van der Waals surface area contributed by atoms with E-state index in [0.29, 0.717) is 0 Å². The molecule has 1 fully saturated rings. The summed E-state index contributed by atoms with van der Waals surface area (Å²) in [5.74, 6) is 0. The molecule has 0 heterocycles. The van der Waals surface area contributed by atoms with Crippen molar-refractivity contribution in [3.8, 4) is 6.07 Å². The van der Waals surface area contributed by atoms with E-state index in [4.69, 9.17) is 0 Å². The van der Waals surface area contributed by atoms with E-state index in [2.05, 4.69) is 6.07 Å². The van der Waals surface area contributed by atoms with Crippen LogP contribution in [0.4, 0.5) is 0 Å². The third-order valence-electron chi connectivity index (χ3n) is 4.43. The number of nitrogens with zero attached hydrogens (tertiary/aromatic N) is 1. The summed E-state index contributed by atoms with van der Waals surface area (Å²) in [4.78, 5) is 0. The maximum Gasteiger partial charge on any atom is 0.0978 e. The highest BCUT2D eigenvalue weighted by Gasteiger charge is 2.40. The SMILES string of the molecule is Cc1cccc(C(O)C2(C#N)CCCCC2)c1C. The Morgan fingerprint density at radius 2 is 1.89 bits per heavy atom. The molecule has 1 aliphatic rings. The molecule has 0 aliphatic heterocycles. The van der Waals surface area contributed by atoms with Crippen LogP contribution in [0.15, 0.2) is 18.2 Å². The van der Waals surface area contributed by atoms with Crippen LogP contribution >= 0.6 is 0 Å². The Labute approximate surface area is 109 Å². The number of benzene rings is 1. The first kappa shape index (κ1) is 13.1. The van der Waals surface area contributed by atoms with E-state index in [0.717, 1.165) is 36.8 Å². The summed E-state index contributed by atoms with van der Waals surface area (Å²) in [6.07, 6.45) is 4.27. The van der Waals surface area contributed by atoms with Crippen LogP contribution in [0.25, 0.3) is 0 Å². The van der Waals surface area contributed by atoms with E-state index < -0.39 is 11.5 Å². The van der Waals surface area contributed by atoms with Crippen molar-refractivity contribution in [2.24, 2.45) is 5.41 Å². The van der Waals surface area contributed by atoms with E-state index >= 15 is 0 Å². The topological polar surface area (TPSA) is 44.0 Å². The van der Waals surface area contributed by atoms with Gasteiger partial charge in [0.25, 0.3) is 0 Å². The van der Waals surface area contributed by atoms with Gasteiger partial charge in [-0.25, -0.2) is 0 Å². The van der Waals surface area contributed by atoms with E-state index in [-0.39, 0.29) is 0 Å². The summed E-state index contributed by atoms with van der Waals surface area (Å²) >= 11 is 0. The molecule has 1 unspecified atom stereocenters. The van der Waals surface area contributed by atoms with Crippen LogP contribution < -0.4 is 0 Å². The molecule has 0 amide bonds. The Morgan fingerprint density at radius 3 is 2.50 bits per heavy atom. The highest BCUT2D eigenvalue weighted by atomic mass is 16.3. The van der Waals surface area contributed by atoms with Crippen LogP contribution in [0.5, 0.6) is 0 Å². The van der Waals surface area contributed by atoms with Crippen LogP contribution in [0, 0.1) is 30.6 Å². The van der Waals surface area contributed by atoms with Crippen LogP contribution in [0.2, 0.25) is 0 Å². The van der Waals surface area contributed by atoms with Crippen molar-refractivity contribution in [2.75, 3.05) is 0 Å². The summed E-state index contributed by atoms with van der Waals surface area (Å²) in [7, 11) is 0. The van der Waals surface area contributed by atoms with E-state index in [9.17, 15) is 10.4 Å². The van der Waals surface area contributed by atoms with Gasteiger partial charge >= 0.3 is 0 Å². The third-order valence-corrected chi connectivity index (χ3v) is 4.43. The maximum atomic E-state index is 10.7.